The number of carbonyl (C=O) groups is 2. The zero-order chi connectivity index (χ0) is 22.4. The Kier molecular flexibility index (Phi) is 4.75. The number of aromatic amines is 1. The standard InChI is InChI=1S/C26H25N5O2/c32-23-16-30(13-6-12-29-14-11-27-17-29)26(33)22-15-20-19-9-4-5-10-21(19)28-24(20)25(31(22)23)18-7-2-1-3-8-18/h1-5,7-11,14,17,22,25,28H,6,12-13,15-16H2. The lowest BCUT2D eigenvalue weighted by molar-refractivity contribution is -0.158. The maximum absolute atomic E-state index is 13.6. The van der Waals surface area contributed by atoms with Gasteiger partial charge in [-0.3, -0.25) is 9.59 Å². The summed E-state index contributed by atoms with van der Waals surface area (Å²) in [5, 5.41) is 1.13. The van der Waals surface area contributed by atoms with Crippen LogP contribution in [0.1, 0.15) is 29.3 Å². The highest BCUT2D eigenvalue weighted by molar-refractivity contribution is 5.97. The molecular weight excluding hydrogens is 414 g/mol. The molecule has 0 saturated carbocycles. The molecule has 4 heterocycles. The topological polar surface area (TPSA) is 74.2 Å². The van der Waals surface area contributed by atoms with Crippen molar-refractivity contribution in [1.29, 1.82) is 0 Å². The molecule has 2 aliphatic heterocycles. The fourth-order valence-electron chi connectivity index (χ4n) is 5.36. The van der Waals surface area contributed by atoms with Gasteiger partial charge in [0.25, 0.3) is 0 Å². The molecule has 2 aromatic heterocycles. The molecule has 33 heavy (non-hydrogen) atoms. The van der Waals surface area contributed by atoms with Crippen molar-refractivity contribution in [3.05, 3.63) is 90.1 Å². The van der Waals surface area contributed by atoms with Crippen LogP contribution in [-0.2, 0) is 22.6 Å². The Morgan fingerprint density at radius 3 is 2.64 bits per heavy atom. The van der Waals surface area contributed by atoms with E-state index >= 15 is 0 Å². The molecule has 1 fully saturated rings. The summed E-state index contributed by atoms with van der Waals surface area (Å²) in [6.07, 6.45) is 6.75. The quantitative estimate of drug-likeness (QED) is 0.519. The van der Waals surface area contributed by atoms with E-state index in [0.717, 1.165) is 40.7 Å². The number of fused-ring (bicyclic) bond motifs is 4. The highest BCUT2D eigenvalue weighted by Gasteiger charge is 2.47. The van der Waals surface area contributed by atoms with Gasteiger partial charge in [0, 0.05) is 48.5 Å². The van der Waals surface area contributed by atoms with Crippen LogP contribution in [0, 0.1) is 0 Å². The van der Waals surface area contributed by atoms with E-state index in [1.807, 2.05) is 58.1 Å². The number of para-hydroxylation sites is 1. The molecule has 0 aliphatic carbocycles. The number of hydrogen-bond donors (Lipinski definition) is 1. The third-order valence-corrected chi connectivity index (χ3v) is 6.86. The van der Waals surface area contributed by atoms with Gasteiger partial charge >= 0.3 is 0 Å². The van der Waals surface area contributed by atoms with Crippen molar-refractivity contribution in [3.8, 4) is 0 Å². The molecule has 2 atom stereocenters. The molecule has 7 nitrogen and oxygen atoms in total. The van der Waals surface area contributed by atoms with Gasteiger partial charge in [-0.2, -0.15) is 0 Å². The Morgan fingerprint density at radius 1 is 1.00 bits per heavy atom. The van der Waals surface area contributed by atoms with Gasteiger partial charge in [-0.15, -0.1) is 0 Å². The number of amides is 2. The largest absolute Gasteiger partial charge is 0.356 e. The van der Waals surface area contributed by atoms with Crippen LogP contribution in [0.3, 0.4) is 0 Å². The average molecular weight is 440 g/mol. The number of carbonyl (C=O) groups excluding carboxylic acids is 2. The van der Waals surface area contributed by atoms with E-state index in [9.17, 15) is 9.59 Å². The summed E-state index contributed by atoms with van der Waals surface area (Å²) in [7, 11) is 0. The molecule has 2 aromatic carbocycles. The first-order valence-corrected chi connectivity index (χ1v) is 11.4. The monoisotopic (exact) mass is 439 g/mol. The Labute approximate surface area is 191 Å². The van der Waals surface area contributed by atoms with Crippen molar-refractivity contribution in [2.45, 2.75) is 31.5 Å². The minimum Gasteiger partial charge on any atom is -0.356 e. The number of nitrogens with zero attached hydrogens (tertiary/aromatic N) is 4. The van der Waals surface area contributed by atoms with Gasteiger partial charge in [0.2, 0.25) is 11.8 Å². The van der Waals surface area contributed by atoms with Gasteiger partial charge in [0.1, 0.15) is 6.04 Å². The Morgan fingerprint density at radius 2 is 1.82 bits per heavy atom. The van der Waals surface area contributed by atoms with Crippen LogP contribution < -0.4 is 0 Å². The van der Waals surface area contributed by atoms with Crippen LogP contribution in [0.4, 0.5) is 0 Å². The Bertz CT molecular complexity index is 1310. The highest BCUT2D eigenvalue weighted by Crippen LogP contribution is 2.42. The Balaban J connectivity index is 1.36. The van der Waals surface area contributed by atoms with E-state index in [0.29, 0.717) is 13.0 Å². The van der Waals surface area contributed by atoms with Gasteiger partial charge in [-0.1, -0.05) is 48.5 Å². The highest BCUT2D eigenvalue weighted by atomic mass is 16.2. The zero-order valence-electron chi connectivity index (χ0n) is 18.2. The number of piperazine rings is 1. The van der Waals surface area contributed by atoms with Crippen LogP contribution >= 0.6 is 0 Å². The molecule has 166 valence electrons. The number of aromatic nitrogens is 3. The molecule has 1 saturated heterocycles. The molecule has 7 heteroatoms. The molecule has 0 radical (unpaired) electrons. The van der Waals surface area contributed by atoms with Crippen LogP contribution in [0.15, 0.2) is 73.3 Å². The third kappa shape index (κ3) is 3.31. The number of rotatable bonds is 5. The number of H-pyrrole nitrogens is 1. The van der Waals surface area contributed by atoms with Crippen molar-refractivity contribution in [1.82, 2.24) is 24.3 Å². The van der Waals surface area contributed by atoms with Gasteiger partial charge < -0.3 is 19.4 Å². The lowest BCUT2D eigenvalue weighted by atomic mass is 9.86. The summed E-state index contributed by atoms with van der Waals surface area (Å²) >= 11 is 0. The van der Waals surface area contributed by atoms with Crippen LogP contribution in [0.25, 0.3) is 10.9 Å². The van der Waals surface area contributed by atoms with E-state index in [1.54, 1.807) is 17.4 Å². The zero-order valence-corrected chi connectivity index (χ0v) is 18.2. The second-order valence-corrected chi connectivity index (χ2v) is 8.81. The first-order chi connectivity index (χ1) is 16.2. The van der Waals surface area contributed by atoms with Gasteiger partial charge in [-0.25, -0.2) is 4.98 Å². The van der Waals surface area contributed by atoms with Crippen LogP contribution in [-0.4, -0.2) is 55.3 Å². The van der Waals surface area contributed by atoms with Gasteiger partial charge in [-0.05, 0) is 23.6 Å². The Hall–Kier alpha value is -3.87. The minimum absolute atomic E-state index is 0.000361. The van der Waals surface area contributed by atoms with E-state index in [1.165, 1.54) is 0 Å². The lowest BCUT2D eigenvalue weighted by Crippen LogP contribution is -2.63. The number of nitrogens with one attached hydrogen (secondary N) is 1. The molecule has 0 spiro atoms. The molecule has 0 bridgehead atoms. The third-order valence-electron chi connectivity index (χ3n) is 6.86. The van der Waals surface area contributed by atoms with Crippen LogP contribution in [0.2, 0.25) is 0 Å². The summed E-state index contributed by atoms with van der Waals surface area (Å²) in [5.74, 6) is 0.0393. The van der Waals surface area contributed by atoms with Crippen molar-refractivity contribution in [3.63, 3.8) is 0 Å². The molecule has 1 N–H and O–H groups in total. The summed E-state index contributed by atoms with van der Waals surface area (Å²) in [6, 6.07) is 17.4. The predicted molar refractivity (Wildman–Crippen MR) is 124 cm³/mol. The second kappa shape index (κ2) is 7.92. The first kappa shape index (κ1) is 19.8. The lowest BCUT2D eigenvalue weighted by Gasteiger charge is -2.47. The van der Waals surface area contributed by atoms with Gasteiger partial charge in [0.05, 0.1) is 18.9 Å². The SMILES string of the molecule is O=C1C2Cc3c([nH]c4ccccc34)C(c3ccccc3)N2C(=O)CN1CCCn1ccnc1. The average Bonchev–Trinajstić information content (AvgIpc) is 3.49. The molecule has 6 rings (SSSR count). The van der Waals surface area contributed by atoms with Crippen LogP contribution in [0.5, 0.6) is 0 Å². The summed E-state index contributed by atoms with van der Waals surface area (Å²) in [5.41, 5.74) is 4.22. The molecular formula is C26H25N5O2. The van der Waals surface area contributed by atoms with E-state index in [-0.39, 0.29) is 24.4 Å². The molecule has 2 amide bonds. The number of benzene rings is 2. The van der Waals surface area contributed by atoms with Crippen molar-refractivity contribution >= 4 is 22.7 Å². The number of hydrogen-bond acceptors (Lipinski definition) is 3. The maximum Gasteiger partial charge on any atom is 0.246 e. The molecule has 4 aromatic rings. The van der Waals surface area contributed by atoms with E-state index in [2.05, 4.69) is 22.1 Å². The number of imidazole rings is 1. The summed E-state index contributed by atoms with van der Waals surface area (Å²) in [4.78, 5) is 38.3. The second-order valence-electron chi connectivity index (χ2n) is 8.81. The van der Waals surface area contributed by atoms with Crippen molar-refractivity contribution in [2.24, 2.45) is 0 Å². The molecule has 2 unspecified atom stereocenters. The summed E-state index contributed by atoms with van der Waals surface area (Å²) < 4.78 is 1.99. The fraction of sp³-hybridized carbons (Fsp3) is 0.269. The van der Waals surface area contributed by atoms with E-state index < -0.39 is 6.04 Å². The predicted octanol–water partition coefficient (Wildman–Crippen LogP) is 3.14. The normalized spacial score (nSPS) is 20.2. The van der Waals surface area contributed by atoms with Crippen molar-refractivity contribution in [2.75, 3.05) is 13.1 Å². The maximum atomic E-state index is 13.6. The number of aryl methyl sites for hydroxylation is 1. The van der Waals surface area contributed by atoms with Gasteiger partial charge in [0.15, 0.2) is 0 Å². The summed E-state index contributed by atoms with van der Waals surface area (Å²) in [6.45, 7) is 1.45. The smallest absolute Gasteiger partial charge is 0.246 e. The first-order valence-electron chi connectivity index (χ1n) is 11.4. The molecule has 2 aliphatic rings. The fourth-order valence-corrected chi connectivity index (χ4v) is 5.36. The van der Waals surface area contributed by atoms with E-state index in [4.69, 9.17) is 0 Å². The van der Waals surface area contributed by atoms with Crippen molar-refractivity contribution < 1.29 is 9.59 Å². The minimum atomic E-state index is -0.489.